The lowest BCUT2D eigenvalue weighted by Gasteiger charge is -2.25. The molecule has 1 saturated heterocycles. The van der Waals surface area contributed by atoms with Crippen LogP contribution in [0, 0.1) is 0 Å². The van der Waals surface area contributed by atoms with Gasteiger partial charge in [0.2, 0.25) is 5.91 Å². The number of amides is 2. The molecule has 2 amide bonds. The number of carbonyl (C=O) groups is 3. The summed E-state index contributed by atoms with van der Waals surface area (Å²) in [4.78, 5) is 43.9. The molecule has 4 rings (SSSR count). The molecule has 0 bridgehead atoms. The van der Waals surface area contributed by atoms with Crippen molar-refractivity contribution in [1.29, 1.82) is 0 Å². The quantitative estimate of drug-likeness (QED) is 0.263. The number of aromatic nitrogens is 1. The van der Waals surface area contributed by atoms with E-state index in [-0.39, 0.29) is 23.2 Å². The number of aliphatic hydroxyl groups excluding tert-OH is 1. The van der Waals surface area contributed by atoms with Crippen LogP contribution < -0.4 is 15.0 Å². The fraction of sp³-hybridized carbons (Fsp3) is 0.241. The smallest absolute Gasteiger partial charge is 0.300 e. The van der Waals surface area contributed by atoms with Gasteiger partial charge in [-0.25, -0.2) is 0 Å². The van der Waals surface area contributed by atoms with E-state index in [9.17, 15) is 19.5 Å². The predicted octanol–water partition coefficient (Wildman–Crippen LogP) is 5.19. The predicted molar refractivity (Wildman–Crippen MR) is 141 cm³/mol. The first-order chi connectivity index (χ1) is 17.7. The first-order valence-electron chi connectivity index (χ1n) is 12.1. The number of hydrogen-bond acceptors (Lipinski definition) is 6. The molecule has 0 spiro atoms. The minimum atomic E-state index is -0.921. The lowest BCUT2D eigenvalue weighted by molar-refractivity contribution is -0.132. The van der Waals surface area contributed by atoms with E-state index in [0.29, 0.717) is 34.9 Å². The largest absolute Gasteiger partial charge is 0.507 e. The second-order valence-corrected chi connectivity index (χ2v) is 9.03. The molecule has 2 aromatic carbocycles. The molecule has 37 heavy (non-hydrogen) atoms. The van der Waals surface area contributed by atoms with E-state index in [1.165, 1.54) is 11.8 Å². The highest BCUT2D eigenvalue weighted by Crippen LogP contribution is 2.43. The van der Waals surface area contributed by atoms with E-state index < -0.39 is 17.7 Å². The number of Topliss-reactive ketones (excluding diaryl/α,β-unsaturated/α-hetero) is 1. The molecule has 1 fully saturated rings. The van der Waals surface area contributed by atoms with Crippen molar-refractivity contribution in [2.24, 2.45) is 0 Å². The van der Waals surface area contributed by atoms with Crippen LogP contribution in [0.5, 0.6) is 5.75 Å². The van der Waals surface area contributed by atoms with Gasteiger partial charge >= 0.3 is 0 Å². The average molecular weight is 500 g/mol. The zero-order valence-electron chi connectivity index (χ0n) is 21.2. The molecule has 1 atom stereocenters. The van der Waals surface area contributed by atoms with Gasteiger partial charge in [-0.1, -0.05) is 26.0 Å². The number of carbonyl (C=O) groups excluding carboxylic acids is 3. The lowest BCUT2D eigenvalue weighted by atomic mass is 9.93. The summed E-state index contributed by atoms with van der Waals surface area (Å²) >= 11 is 0. The normalized spacial score (nSPS) is 16.8. The van der Waals surface area contributed by atoms with E-state index in [4.69, 9.17) is 4.74 Å². The summed E-state index contributed by atoms with van der Waals surface area (Å²) in [5, 5.41) is 14.2. The van der Waals surface area contributed by atoms with Gasteiger partial charge in [-0.05, 0) is 66.4 Å². The molecule has 2 N–H and O–H groups in total. The van der Waals surface area contributed by atoms with Gasteiger partial charge in [0.05, 0.1) is 18.2 Å². The van der Waals surface area contributed by atoms with Gasteiger partial charge in [-0.15, -0.1) is 0 Å². The number of rotatable bonds is 7. The summed E-state index contributed by atoms with van der Waals surface area (Å²) in [6.45, 7) is 7.80. The summed E-state index contributed by atoms with van der Waals surface area (Å²) in [6.07, 6.45) is 3.15. The lowest BCUT2D eigenvalue weighted by Crippen LogP contribution is -2.29. The summed E-state index contributed by atoms with van der Waals surface area (Å²) < 4.78 is 5.74. The summed E-state index contributed by atoms with van der Waals surface area (Å²) in [7, 11) is 0. The monoisotopic (exact) mass is 499 g/mol. The molecule has 2 heterocycles. The van der Waals surface area contributed by atoms with Gasteiger partial charge in [0, 0.05) is 36.3 Å². The molecule has 0 aliphatic carbocycles. The molecule has 190 valence electrons. The average Bonchev–Trinajstić information content (AvgIpc) is 3.14. The molecule has 1 aromatic heterocycles. The van der Waals surface area contributed by atoms with E-state index in [1.807, 2.05) is 20.8 Å². The number of aliphatic hydroxyl groups is 1. The van der Waals surface area contributed by atoms with Gasteiger partial charge in [-0.3, -0.25) is 24.3 Å². The highest BCUT2D eigenvalue weighted by molar-refractivity contribution is 6.51. The topological polar surface area (TPSA) is 109 Å². The van der Waals surface area contributed by atoms with Crippen LogP contribution in [0.15, 0.2) is 72.6 Å². The maximum atomic E-state index is 13.4. The molecular weight excluding hydrogens is 470 g/mol. The Morgan fingerprint density at radius 2 is 1.92 bits per heavy atom. The van der Waals surface area contributed by atoms with Crippen molar-refractivity contribution in [2.75, 3.05) is 16.8 Å². The van der Waals surface area contributed by atoms with Crippen molar-refractivity contribution >= 4 is 34.7 Å². The standard InChI is InChI=1S/C29H29N3O5/c1-5-37-24-12-11-19(14-23(24)17(2)3)27(34)25-26(20-8-7-13-30-16-20)32(29(36)28(25)35)22-10-6-9-21(15-22)31-18(4)33/h6-17,26,34H,5H2,1-4H3,(H,31,33)/b27-25-. The van der Waals surface area contributed by atoms with Crippen molar-refractivity contribution in [3.05, 3.63) is 89.3 Å². The highest BCUT2D eigenvalue weighted by atomic mass is 16.5. The third-order valence-electron chi connectivity index (χ3n) is 6.09. The van der Waals surface area contributed by atoms with Crippen molar-refractivity contribution in [3.8, 4) is 5.75 Å². The first kappa shape index (κ1) is 25.6. The molecule has 1 unspecified atom stereocenters. The van der Waals surface area contributed by atoms with Gasteiger partial charge < -0.3 is 15.2 Å². The van der Waals surface area contributed by atoms with Crippen LogP contribution in [0.3, 0.4) is 0 Å². The minimum absolute atomic E-state index is 0.0400. The third-order valence-corrected chi connectivity index (χ3v) is 6.09. The molecule has 1 aliphatic heterocycles. The number of ketones is 1. The number of benzene rings is 2. The van der Waals surface area contributed by atoms with Crippen LogP contribution in [0.2, 0.25) is 0 Å². The van der Waals surface area contributed by atoms with Crippen LogP contribution in [0.4, 0.5) is 11.4 Å². The fourth-order valence-corrected chi connectivity index (χ4v) is 4.48. The van der Waals surface area contributed by atoms with Gasteiger partial charge in [0.15, 0.2) is 0 Å². The van der Waals surface area contributed by atoms with E-state index >= 15 is 0 Å². The number of ether oxygens (including phenoxy) is 1. The van der Waals surface area contributed by atoms with Crippen molar-refractivity contribution < 1.29 is 24.2 Å². The number of hydrogen-bond donors (Lipinski definition) is 2. The Morgan fingerprint density at radius 3 is 2.57 bits per heavy atom. The summed E-state index contributed by atoms with van der Waals surface area (Å²) in [5.41, 5.74) is 2.68. The molecule has 3 aromatic rings. The van der Waals surface area contributed by atoms with Crippen molar-refractivity contribution in [2.45, 2.75) is 39.7 Å². The maximum absolute atomic E-state index is 13.4. The van der Waals surface area contributed by atoms with Crippen molar-refractivity contribution in [1.82, 2.24) is 4.98 Å². The number of nitrogens with one attached hydrogen (secondary N) is 1. The Balaban J connectivity index is 1.90. The molecule has 0 radical (unpaired) electrons. The van der Waals surface area contributed by atoms with Gasteiger partial charge in [0.25, 0.3) is 11.7 Å². The van der Waals surface area contributed by atoms with E-state index in [1.54, 1.807) is 67.0 Å². The number of pyridine rings is 1. The minimum Gasteiger partial charge on any atom is -0.507 e. The van der Waals surface area contributed by atoms with Crippen LogP contribution in [0.25, 0.3) is 5.76 Å². The Hall–Kier alpha value is -4.46. The zero-order valence-corrected chi connectivity index (χ0v) is 21.2. The van der Waals surface area contributed by atoms with Crippen LogP contribution in [-0.2, 0) is 14.4 Å². The fourth-order valence-electron chi connectivity index (χ4n) is 4.48. The number of anilines is 2. The zero-order chi connectivity index (χ0) is 26.7. The van der Waals surface area contributed by atoms with Crippen molar-refractivity contribution in [3.63, 3.8) is 0 Å². The second-order valence-electron chi connectivity index (χ2n) is 9.03. The third kappa shape index (κ3) is 5.09. The molecular formula is C29H29N3O5. The summed E-state index contributed by atoms with van der Waals surface area (Å²) in [5.74, 6) is -1.34. The molecule has 0 saturated carbocycles. The SMILES string of the molecule is CCOc1ccc(/C(O)=C2/C(=O)C(=O)N(c3cccc(NC(C)=O)c3)C2c2cccnc2)cc1C(C)C. The number of nitrogens with zero attached hydrogens (tertiary/aromatic N) is 2. The molecule has 8 nitrogen and oxygen atoms in total. The summed E-state index contributed by atoms with van der Waals surface area (Å²) in [6, 6.07) is 14.4. The second kappa shape index (κ2) is 10.7. The molecule has 1 aliphatic rings. The van der Waals surface area contributed by atoms with Crippen LogP contribution in [0.1, 0.15) is 56.3 Å². The molecule has 8 heteroatoms. The Labute approximate surface area is 215 Å². The van der Waals surface area contributed by atoms with E-state index in [2.05, 4.69) is 10.3 Å². The van der Waals surface area contributed by atoms with Gasteiger partial charge in [-0.2, -0.15) is 0 Å². The maximum Gasteiger partial charge on any atom is 0.300 e. The Morgan fingerprint density at radius 1 is 1.14 bits per heavy atom. The van der Waals surface area contributed by atoms with Crippen LogP contribution >= 0.6 is 0 Å². The Bertz CT molecular complexity index is 1380. The van der Waals surface area contributed by atoms with Gasteiger partial charge in [0.1, 0.15) is 11.5 Å². The van der Waals surface area contributed by atoms with Crippen LogP contribution in [-0.4, -0.2) is 34.3 Å². The van der Waals surface area contributed by atoms with E-state index in [0.717, 1.165) is 5.56 Å². The Kier molecular flexibility index (Phi) is 7.38. The first-order valence-corrected chi connectivity index (χ1v) is 12.1. The highest BCUT2D eigenvalue weighted by Gasteiger charge is 2.47.